The first kappa shape index (κ1) is 10.1. The zero-order valence-corrected chi connectivity index (χ0v) is 7.17. The van der Waals surface area contributed by atoms with Gasteiger partial charge in [0.05, 0.1) is 0 Å². The lowest BCUT2D eigenvalue weighted by Crippen LogP contribution is -2.10. The number of nitrogens with zero attached hydrogens (tertiary/aromatic N) is 2. The molecule has 0 aromatic carbocycles. The highest BCUT2D eigenvalue weighted by Crippen LogP contribution is 2.03. The lowest BCUT2D eigenvalue weighted by molar-refractivity contribution is 0.800. The summed E-state index contributed by atoms with van der Waals surface area (Å²) in [6.45, 7) is 4.73. The third kappa shape index (κ3) is 4.51. The van der Waals surface area contributed by atoms with Crippen molar-refractivity contribution in [1.29, 1.82) is 5.26 Å². The van der Waals surface area contributed by atoms with Crippen LogP contribution in [0.25, 0.3) is 0 Å². The number of aliphatic imine (C=N–C) groups is 1. The van der Waals surface area contributed by atoms with Gasteiger partial charge in [0.2, 0.25) is 6.19 Å². The smallest absolute Gasteiger partial charge is 0.205 e. The molecule has 0 heterocycles. The molecule has 0 radical (unpaired) electrons. The quantitative estimate of drug-likeness (QED) is 0.489. The fourth-order valence-electron chi connectivity index (χ4n) is 0.821. The first-order valence-electron chi connectivity index (χ1n) is 3.88. The van der Waals surface area contributed by atoms with E-state index in [0.29, 0.717) is 12.5 Å². The van der Waals surface area contributed by atoms with Gasteiger partial charge in [0.15, 0.2) is 0 Å². The van der Waals surface area contributed by atoms with E-state index >= 15 is 0 Å². The molecule has 3 nitrogen and oxygen atoms in total. The Morgan fingerprint density at radius 1 is 1.64 bits per heavy atom. The molecule has 0 rings (SSSR count). The zero-order chi connectivity index (χ0) is 8.69. The Morgan fingerprint density at radius 2 is 2.27 bits per heavy atom. The van der Waals surface area contributed by atoms with Crippen LogP contribution in [0.2, 0.25) is 0 Å². The summed E-state index contributed by atoms with van der Waals surface area (Å²) in [7, 11) is 0. The maximum atomic E-state index is 8.32. The van der Waals surface area contributed by atoms with Crippen molar-refractivity contribution in [1.82, 2.24) is 0 Å². The molecule has 0 saturated heterocycles. The summed E-state index contributed by atoms with van der Waals surface area (Å²) < 4.78 is 0. The molecule has 0 unspecified atom stereocenters. The fraction of sp³-hybridized carbons (Fsp3) is 0.750. The number of nitriles is 1. The van der Waals surface area contributed by atoms with Crippen LogP contribution in [-0.2, 0) is 0 Å². The van der Waals surface area contributed by atoms with Crippen LogP contribution in [0.15, 0.2) is 4.99 Å². The molecule has 0 aliphatic carbocycles. The second-order valence-electron chi connectivity index (χ2n) is 2.75. The Balaban J connectivity index is 3.93. The van der Waals surface area contributed by atoms with Crippen LogP contribution in [0.5, 0.6) is 0 Å². The van der Waals surface area contributed by atoms with Crippen LogP contribution < -0.4 is 5.73 Å². The van der Waals surface area contributed by atoms with Crippen molar-refractivity contribution in [3.05, 3.63) is 0 Å². The second-order valence-corrected chi connectivity index (χ2v) is 2.75. The molecule has 0 aromatic heterocycles. The minimum atomic E-state index is 0.362. The van der Waals surface area contributed by atoms with Crippen molar-refractivity contribution >= 4 is 5.71 Å². The van der Waals surface area contributed by atoms with Gasteiger partial charge in [-0.1, -0.05) is 13.8 Å². The van der Waals surface area contributed by atoms with E-state index in [-0.39, 0.29) is 0 Å². The van der Waals surface area contributed by atoms with Gasteiger partial charge in [-0.15, -0.1) is 0 Å². The monoisotopic (exact) mass is 153 g/mol. The van der Waals surface area contributed by atoms with E-state index in [2.05, 4.69) is 4.99 Å². The SMILES string of the molecule is CC(C)C(CCCN)=NC#N. The summed E-state index contributed by atoms with van der Waals surface area (Å²) in [4.78, 5) is 3.73. The van der Waals surface area contributed by atoms with Gasteiger partial charge in [-0.2, -0.15) is 10.3 Å². The molecule has 0 atom stereocenters. The highest BCUT2D eigenvalue weighted by atomic mass is 14.7. The van der Waals surface area contributed by atoms with Crippen LogP contribution >= 0.6 is 0 Å². The maximum Gasteiger partial charge on any atom is 0.205 e. The van der Waals surface area contributed by atoms with E-state index in [1.54, 1.807) is 6.19 Å². The largest absolute Gasteiger partial charge is 0.330 e. The van der Waals surface area contributed by atoms with Crippen molar-refractivity contribution < 1.29 is 0 Å². The van der Waals surface area contributed by atoms with Gasteiger partial charge in [-0.25, -0.2) is 0 Å². The molecule has 0 aliphatic rings. The predicted molar refractivity (Wildman–Crippen MR) is 46.2 cm³/mol. The van der Waals surface area contributed by atoms with Gasteiger partial charge in [0.1, 0.15) is 0 Å². The Labute approximate surface area is 67.9 Å². The van der Waals surface area contributed by atoms with E-state index in [9.17, 15) is 0 Å². The number of hydrogen-bond acceptors (Lipinski definition) is 3. The van der Waals surface area contributed by atoms with Crippen molar-refractivity contribution in [3.63, 3.8) is 0 Å². The normalized spacial score (nSPS) is 11.7. The third-order valence-corrected chi connectivity index (χ3v) is 1.50. The molecule has 3 heteroatoms. The fourth-order valence-corrected chi connectivity index (χ4v) is 0.821. The van der Waals surface area contributed by atoms with Crippen molar-refractivity contribution in [3.8, 4) is 6.19 Å². The molecule has 0 amide bonds. The van der Waals surface area contributed by atoms with E-state index in [4.69, 9.17) is 11.0 Å². The van der Waals surface area contributed by atoms with Crippen LogP contribution in [-0.4, -0.2) is 12.3 Å². The molecule has 0 spiro atoms. The van der Waals surface area contributed by atoms with Gasteiger partial charge >= 0.3 is 0 Å². The molecule has 62 valence electrons. The van der Waals surface area contributed by atoms with E-state index in [1.165, 1.54) is 0 Å². The molecule has 0 aliphatic heterocycles. The van der Waals surface area contributed by atoms with Crippen molar-refractivity contribution in [2.24, 2.45) is 16.6 Å². The van der Waals surface area contributed by atoms with Crippen molar-refractivity contribution in [2.45, 2.75) is 26.7 Å². The van der Waals surface area contributed by atoms with Gasteiger partial charge in [0.25, 0.3) is 0 Å². The summed E-state index contributed by atoms with van der Waals surface area (Å²) in [5.74, 6) is 0.362. The molecule has 0 aromatic rings. The lowest BCUT2D eigenvalue weighted by atomic mass is 10.0. The highest BCUT2D eigenvalue weighted by molar-refractivity contribution is 5.86. The van der Waals surface area contributed by atoms with E-state index < -0.39 is 0 Å². The Bertz CT molecular complexity index is 165. The minimum Gasteiger partial charge on any atom is -0.330 e. The van der Waals surface area contributed by atoms with Crippen LogP contribution in [0.3, 0.4) is 0 Å². The summed E-state index contributed by atoms with van der Waals surface area (Å²) in [5.41, 5.74) is 6.29. The Hall–Kier alpha value is -0.880. The van der Waals surface area contributed by atoms with Crippen molar-refractivity contribution in [2.75, 3.05) is 6.54 Å². The van der Waals surface area contributed by atoms with Gasteiger partial charge in [-0.05, 0) is 25.3 Å². The van der Waals surface area contributed by atoms with E-state index in [0.717, 1.165) is 18.6 Å². The molecule has 11 heavy (non-hydrogen) atoms. The Kier molecular flexibility index (Phi) is 5.40. The van der Waals surface area contributed by atoms with Gasteiger partial charge in [-0.3, -0.25) is 0 Å². The van der Waals surface area contributed by atoms with Crippen LogP contribution in [0.4, 0.5) is 0 Å². The predicted octanol–water partition coefficient (Wildman–Crippen LogP) is 1.30. The maximum absolute atomic E-state index is 8.32. The average Bonchev–Trinajstić information content (AvgIpc) is 1.97. The first-order chi connectivity index (χ1) is 5.22. The third-order valence-electron chi connectivity index (χ3n) is 1.50. The molecular weight excluding hydrogens is 138 g/mol. The zero-order valence-electron chi connectivity index (χ0n) is 7.17. The number of nitrogens with two attached hydrogens (primary N) is 1. The topological polar surface area (TPSA) is 62.2 Å². The van der Waals surface area contributed by atoms with Gasteiger partial charge in [0, 0.05) is 5.71 Å². The van der Waals surface area contributed by atoms with E-state index in [1.807, 2.05) is 13.8 Å². The standard InChI is InChI=1S/C8H15N3/c1-7(2)8(11-6-10)4-3-5-9/h7H,3-5,9H2,1-2H3. The summed E-state index contributed by atoms with van der Waals surface area (Å²) in [6.07, 6.45) is 3.57. The number of hydrogen-bond donors (Lipinski definition) is 1. The number of rotatable bonds is 4. The van der Waals surface area contributed by atoms with Gasteiger partial charge < -0.3 is 5.73 Å². The lowest BCUT2D eigenvalue weighted by Gasteiger charge is -2.05. The first-order valence-corrected chi connectivity index (χ1v) is 3.88. The summed E-state index contributed by atoms with van der Waals surface area (Å²) >= 11 is 0. The highest BCUT2D eigenvalue weighted by Gasteiger charge is 2.03. The minimum absolute atomic E-state index is 0.362. The summed E-state index contributed by atoms with van der Waals surface area (Å²) in [5, 5.41) is 8.32. The average molecular weight is 153 g/mol. The molecule has 0 saturated carbocycles. The second kappa shape index (κ2) is 5.87. The van der Waals surface area contributed by atoms with Crippen LogP contribution in [0, 0.1) is 17.4 Å². The molecular formula is C8H15N3. The Morgan fingerprint density at radius 3 is 2.64 bits per heavy atom. The van der Waals surface area contributed by atoms with Crippen LogP contribution in [0.1, 0.15) is 26.7 Å². The molecule has 0 bridgehead atoms. The molecule has 0 fully saturated rings. The molecule has 2 N–H and O–H groups in total. The summed E-state index contributed by atoms with van der Waals surface area (Å²) in [6, 6.07) is 0.